The van der Waals surface area contributed by atoms with Crippen molar-refractivity contribution < 1.29 is 0 Å². The van der Waals surface area contributed by atoms with Crippen molar-refractivity contribution in [2.45, 2.75) is 64.8 Å². The molecule has 2 heterocycles. The monoisotopic (exact) mass is 365 g/mol. The lowest BCUT2D eigenvalue weighted by molar-refractivity contribution is 0.159. The molecule has 2 rings (SSSR count). The van der Waals surface area contributed by atoms with Crippen LogP contribution in [0.15, 0.2) is 10.4 Å². The highest BCUT2D eigenvalue weighted by atomic mass is 32.1. The molecule has 1 aliphatic heterocycles. The Morgan fingerprint density at radius 1 is 1.28 bits per heavy atom. The van der Waals surface area contributed by atoms with Crippen molar-refractivity contribution in [2.24, 2.45) is 4.99 Å². The van der Waals surface area contributed by atoms with E-state index in [4.69, 9.17) is 0 Å². The molecule has 1 aliphatic rings. The summed E-state index contributed by atoms with van der Waals surface area (Å²) in [7, 11) is 1.85. The molecule has 5 nitrogen and oxygen atoms in total. The standard InChI is InChI=1S/C19H35N5S/c1-16-15-25-18(23-16)10-4-6-11-21-19(20-3)22-12-8-14-24-13-7-5-9-17(24)2/h15,17H,4-14H2,1-3H3,(H2,20,21,22). The maximum Gasteiger partial charge on any atom is 0.190 e. The highest BCUT2D eigenvalue weighted by Crippen LogP contribution is 2.16. The first-order valence-corrected chi connectivity index (χ1v) is 10.7. The molecule has 1 fully saturated rings. The molecule has 142 valence electrons. The van der Waals surface area contributed by atoms with Crippen molar-refractivity contribution in [1.82, 2.24) is 20.5 Å². The van der Waals surface area contributed by atoms with Gasteiger partial charge in [-0.2, -0.15) is 0 Å². The van der Waals surface area contributed by atoms with Crippen LogP contribution < -0.4 is 10.6 Å². The first-order chi connectivity index (χ1) is 12.2. The lowest BCUT2D eigenvalue weighted by Gasteiger charge is -2.33. The van der Waals surface area contributed by atoms with E-state index in [1.165, 1.54) is 50.2 Å². The maximum atomic E-state index is 4.51. The van der Waals surface area contributed by atoms with Crippen molar-refractivity contribution in [2.75, 3.05) is 33.2 Å². The summed E-state index contributed by atoms with van der Waals surface area (Å²) in [4.78, 5) is 11.5. The third-order valence-corrected chi connectivity index (χ3v) is 5.88. The SMILES string of the molecule is CN=C(NCCCCc1nc(C)cs1)NCCCN1CCCCC1C. The van der Waals surface area contributed by atoms with Gasteiger partial charge in [0.2, 0.25) is 0 Å². The zero-order chi connectivity index (χ0) is 17.9. The minimum atomic E-state index is 0.757. The highest BCUT2D eigenvalue weighted by Gasteiger charge is 2.17. The molecule has 0 bridgehead atoms. The quantitative estimate of drug-likeness (QED) is 0.401. The third-order valence-electron chi connectivity index (χ3n) is 4.86. The largest absolute Gasteiger partial charge is 0.356 e. The van der Waals surface area contributed by atoms with E-state index >= 15 is 0 Å². The summed E-state index contributed by atoms with van der Waals surface area (Å²) >= 11 is 1.77. The number of hydrogen-bond acceptors (Lipinski definition) is 4. The van der Waals surface area contributed by atoms with E-state index in [1.807, 2.05) is 7.05 Å². The minimum Gasteiger partial charge on any atom is -0.356 e. The number of rotatable bonds is 9. The molecule has 2 N–H and O–H groups in total. The molecule has 1 aromatic rings. The molecule has 0 saturated carbocycles. The Bertz CT molecular complexity index is 514. The summed E-state index contributed by atoms with van der Waals surface area (Å²) < 4.78 is 0. The van der Waals surface area contributed by atoms with Gasteiger partial charge in [-0.3, -0.25) is 4.99 Å². The van der Waals surface area contributed by atoms with Crippen LogP contribution in [0.3, 0.4) is 0 Å². The number of aromatic nitrogens is 1. The number of aliphatic imine (C=N–C) groups is 1. The van der Waals surface area contributed by atoms with Gasteiger partial charge in [-0.05, 0) is 58.9 Å². The Labute approximate surface area is 157 Å². The minimum absolute atomic E-state index is 0.757. The van der Waals surface area contributed by atoms with Gasteiger partial charge in [0.15, 0.2) is 5.96 Å². The van der Waals surface area contributed by atoms with Crippen LogP contribution in [0, 0.1) is 6.92 Å². The molecule has 0 aliphatic carbocycles. The van der Waals surface area contributed by atoms with Gasteiger partial charge in [-0.1, -0.05) is 6.42 Å². The lowest BCUT2D eigenvalue weighted by atomic mass is 10.0. The highest BCUT2D eigenvalue weighted by molar-refractivity contribution is 7.09. The molecule has 1 aromatic heterocycles. The lowest BCUT2D eigenvalue weighted by Crippen LogP contribution is -2.41. The van der Waals surface area contributed by atoms with Crippen molar-refractivity contribution in [3.05, 3.63) is 16.1 Å². The molecule has 1 unspecified atom stereocenters. The fourth-order valence-corrected chi connectivity index (χ4v) is 4.14. The van der Waals surface area contributed by atoms with Gasteiger partial charge in [-0.15, -0.1) is 11.3 Å². The van der Waals surface area contributed by atoms with Crippen LogP contribution in [0.1, 0.15) is 56.2 Å². The number of aryl methyl sites for hydroxylation is 2. The van der Waals surface area contributed by atoms with Gasteiger partial charge >= 0.3 is 0 Å². The molecular formula is C19H35N5S. The second-order valence-corrected chi connectivity index (χ2v) is 7.94. The smallest absolute Gasteiger partial charge is 0.190 e. The van der Waals surface area contributed by atoms with Crippen LogP contribution in [-0.2, 0) is 6.42 Å². The van der Waals surface area contributed by atoms with Crippen LogP contribution >= 0.6 is 11.3 Å². The molecule has 6 heteroatoms. The van der Waals surface area contributed by atoms with Crippen molar-refractivity contribution in [1.29, 1.82) is 0 Å². The first-order valence-electron chi connectivity index (χ1n) is 9.78. The Kier molecular flexibility index (Phi) is 9.26. The number of piperidine rings is 1. The Balaban J connectivity index is 1.50. The number of nitrogens with one attached hydrogen (secondary N) is 2. The fraction of sp³-hybridized carbons (Fsp3) is 0.789. The molecule has 0 amide bonds. The van der Waals surface area contributed by atoms with Gasteiger partial charge in [0.25, 0.3) is 0 Å². The van der Waals surface area contributed by atoms with Crippen LogP contribution in [0.2, 0.25) is 0 Å². The predicted molar refractivity (Wildman–Crippen MR) is 109 cm³/mol. The fourth-order valence-electron chi connectivity index (χ4n) is 3.32. The third kappa shape index (κ3) is 7.74. The van der Waals surface area contributed by atoms with E-state index in [9.17, 15) is 0 Å². The number of thiazole rings is 1. The topological polar surface area (TPSA) is 52.6 Å². The zero-order valence-electron chi connectivity index (χ0n) is 16.2. The average Bonchev–Trinajstić information content (AvgIpc) is 3.03. The Morgan fingerprint density at radius 3 is 2.76 bits per heavy atom. The first kappa shape index (κ1) is 20.2. The summed E-state index contributed by atoms with van der Waals surface area (Å²) in [5, 5.41) is 10.2. The van der Waals surface area contributed by atoms with Gasteiger partial charge in [0.1, 0.15) is 0 Å². The summed E-state index contributed by atoms with van der Waals surface area (Å²) in [6, 6.07) is 0.757. The van der Waals surface area contributed by atoms with Gasteiger partial charge in [-0.25, -0.2) is 4.98 Å². The zero-order valence-corrected chi connectivity index (χ0v) is 17.0. The number of nitrogens with zero attached hydrogens (tertiary/aromatic N) is 3. The van der Waals surface area contributed by atoms with E-state index in [0.717, 1.165) is 43.6 Å². The molecular weight excluding hydrogens is 330 g/mol. The maximum absolute atomic E-state index is 4.51. The molecule has 0 spiro atoms. The van der Waals surface area contributed by atoms with E-state index in [0.29, 0.717) is 0 Å². The molecule has 25 heavy (non-hydrogen) atoms. The van der Waals surface area contributed by atoms with E-state index in [1.54, 1.807) is 11.3 Å². The van der Waals surface area contributed by atoms with E-state index in [2.05, 4.69) is 44.7 Å². The van der Waals surface area contributed by atoms with Crippen molar-refractivity contribution >= 4 is 17.3 Å². The van der Waals surface area contributed by atoms with Crippen molar-refractivity contribution in [3.63, 3.8) is 0 Å². The van der Waals surface area contributed by atoms with Gasteiger partial charge in [0.05, 0.1) is 5.01 Å². The van der Waals surface area contributed by atoms with Crippen LogP contribution in [0.25, 0.3) is 0 Å². The number of hydrogen-bond donors (Lipinski definition) is 2. The molecule has 1 saturated heterocycles. The van der Waals surface area contributed by atoms with Gasteiger partial charge in [0, 0.05) is 43.8 Å². The number of unbranched alkanes of at least 4 members (excludes halogenated alkanes) is 1. The summed E-state index contributed by atoms with van der Waals surface area (Å²) in [6.45, 7) is 8.84. The average molecular weight is 366 g/mol. The number of guanidine groups is 1. The Morgan fingerprint density at radius 2 is 2.08 bits per heavy atom. The van der Waals surface area contributed by atoms with Crippen LogP contribution in [0.5, 0.6) is 0 Å². The predicted octanol–water partition coefficient (Wildman–Crippen LogP) is 3.20. The number of likely N-dealkylation sites (tertiary alicyclic amines) is 1. The van der Waals surface area contributed by atoms with E-state index < -0.39 is 0 Å². The van der Waals surface area contributed by atoms with E-state index in [-0.39, 0.29) is 0 Å². The Hall–Kier alpha value is -1.14. The summed E-state index contributed by atoms with van der Waals surface area (Å²) in [5.74, 6) is 0.928. The van der Waals surface area contributed by atoms with Crippen molar-refractivity contribution in [3.8, 4) is 0 Å². The summed E-state index contributed by atoms with van der Waals surface area (Å²) in [6.07, 6.45) is 8.69. The van der Waals surface area contributed by atoms with Crippen LogP contribution in [-0.4, -0.2) is 55.1 Å². The molecule has 1 atom stereocenters. The summed E-state index contributed by atoms with van der Waals surface area (Å²) in [5.41, 5.74) is 1.14. The second-order valence-electron chi connectivity index (χ2n) is 7.00. The molecule has 0 radical (unpaired) electrons. The van der Waals surface area contributed by atoms with Gasteiger partial charge < -0.3 is 15.5 Å². The second kappa shape index (κ2) is 11.5. The van der Waals surface area contributed by atoms with Crippen LogP contribution in [0.4, 0.5) is 0 Å². The normalized spacial score (nSPS) is 19.2. The molecule has 0 aromatic carbocycles.